The molecule has 3 aromatic rings. The third kappa shape index (κ3) is 2.46. The smallest absolute Gasteiger partial charge is 0.251 e. The monoisotopic (exact) mass is 333 g/mol. The zero-order valence-corrected chi connectivity index (χ0v) is 12.7. The Kier molecular flexibility index (Phi) is 3.57. The van der Waals surface area contributed by atoms with Crippen LogP contribution in [0.4, 0.5) is 14.6 Å². The summed E-state index contributed by atoms with van der Waals surface area (Å²) in [5.41, 5.74) is 0.325. The van der Waals surface area contributed by atoms with Gasteiger partial charge in [0.05, 0.1) is 18.7 Å². The van der Waals surface area contributed by atoms with E-state index in [0.717, 1.165) is 12.1 Å². The highest BCUT2D eigenvalue weighted by molar-refractivity contribution is 5.89. The Hall–Kier alpha value is -2.68. The molecule has 4 rings (SSSR count). The Morgan fingerprint density at radius 3 is 2.83 bits per heavy atom. The van der Waals surface area contributed by atoms with Crippen LogP contribution in [-0.2, 0) is 4.74 Å². The molecule has 124 valence electrons. The molecule has 1 aromatic carbocycles. The van der Waals surface area contributed by atoms with Crippen molar-refractivity contribution in [1.29, 1.82) is 0 Å². The lowest BCUT2D eigenvalue weighted by atomic mass is 10.1. The average molecular weight is 333 g/mol. The molecular weight excluding hydrogens is 320 g/mol. The minimum atomic E-state index is -0.947. The van der Waals surface area contributed by atoms with Gasteiger partial charge in [-0.2, -0.15) is 4.98 Å². The van der Waals surface area contributed by atoms with Crippen molar-refractivity contribution in [2.75, 3.05) is 24.7 Å². The maximum atomic E-state index is 13.7. The largest absolute Gasteiger partial charge is 0.377 e. The molecule has 0 saturated carbocycles. The van der Waals surface area contributed by atoms with Gasteiger partial charge in [-0.05, 0) is 13.0 Å². The van der Waals surface area contributed by atoms with Crippen LogP contribution in [0.3, 0.4) is 0 Å². The molecule has 0 N–H and O–H groups in total. The zero-order valence-electron chi connectivity index (χ0n) is 12.7. The molecule has 0 unspecified atom stereocenters. The van der Waals surface area contributed by atoms with E-state index in [-0.39, 0.29) is 6.04 Å². The lowest BCUT2D eigenvalue weighted by Gasteiger charge is -2.34. The maximum absolute atomic E-state index is 13.7. The van der Waals surface area contributed by atoms with E-state index >= 15 is 0 Å². The van der Waals surface area contributed by atoms with E-state index in [1.807, 2.05) is 4.90 Å². The highest BCUT2D eigenvalue weighted by atomic mass is 19.2. The number of anilines is 1. The van der Waals surface area contributed by atoms with Gasteiger partial charge in [0.2, 0.25) is 0 Å². The molecule has 0 radical (unpaired) electrons. The van der Waals surface area contributed by atoms with Crippen molar-refractivity contribution in [2.24, 2.45) is 0 Å². The fraction of sp³-hybridized carbons (Fsp3) is 0.333. The maximum Gasteiger partial charge on any atom is 0.251 e. The Balaban J connectivity index is 1.83. The van der Waals surface area contributed by atoms with Crippen LogP contribution in [0.5, 0.6) is 0 Å². The first-order chi connectivity index (χ1) is 11.6. The summed E-state index contributed by atoms with van der Waals surface area (Å²) in [5.74, 6) is -0.518. The molecule has 7 nitrogen and oxygen atoms in total. The third-order valence-corrected chi connectivity index (χ3v) is 3.89. The van der Waals surface area contributed by atoms with Crippen LogP contribution >= 0.6 is 0 Å². The van der Waals surface area contributed by atoms with Gasteiger partial charge in [-0.1, -0.05) is 5.16 Å². The summed E-state index contributed by atoms with van der Waals surface area (Å²) in [4.78, 5) is 14.4. The van der Waals surface area contributed by atoms with Crippen LogP contribution < -0.4 is 4.90 Å². The molecule has 2 aromatic heterocycles. The number of hydrogen-bond donors (Lipinski definition) is 0. The number of fused-ring (bicyclic) bond motifs is 1. The molecule has 0 amide bonds. The molecule has 9 heteroatoms. The van der Waals surface area contributed by atoms with E-state index in [2.05, 4.69) is 20.1 Å². The van der Waals surface area contributed by atoms with Gasteiger partial charge in [0.1, 0.15) is 18.2 Å². The van der Waals surface area contributed by atoms with Crippen molar-refractivity contribution in [3.63, 3.8) is 0 Å². The molecule has 3 heterocycles. The Morgan fingerprint density at radius 2 is 2.04 bits per heavy atom. The van der Waals surface area contributed by atoms with Crippen molar-refractivity contribution in [3.05, 3.63) is 41.8 Å². The van der Waals surface area contributed by atoms with Crippen molar-refractivity contribution >= 4 is 16.7 Å². The number of aromatic nitrogens is 4. The Labute approximate surface area is 135 Å². The van der Waals surface area contributed by atoms with Crippen LogP contribution in [0.2, 0.25) is 0 Å². The molecule has 0 bridgehead atoms. The van der Waals surface area contributed by atoms with Crippen molar-refractivity contribution in [2.45, 2.75) is 13.0 Å². The van der Waals surface area contributed by atoms with E-state index in [1.54, 1.807) is 6.92 Å². The summed E-state index contributed by atoms with van der Waals surface area (Å²) in [6, 6.07) is 1.81. The second-order valence-electron chi connectivity index (χ2n) is 5.44. The second kappa shape index (κ2) is 5.75. The normalized spacial score (nSPS) is 18.3. The summed E-state index contributed by atoms with van der Waals surface area (Å²) >= 11 is 0. The summed E-state index contributed by atoms with van der Waals surface area (Å²) < 4.78 is 37.9. The number of hydrogen-bond acceptors (Lipinski definition) is 7. The number of morpholine rings is 1. The van der Waals surface area contributed by atoms with Gasteiger partial charge in [-0.15, -0.1) is 0 Å². The van der Waals surface area contributed by atoms with Gasteiger partial charge in [-0.3, -0.25) is 0 Å². The Bertz CT molecular complexity index is 901. The summed E-state index contributed by atoms with van der Waals surface area (Å²) in [5, 5.41) is 4.21. The highest BCUT2D eigenvalue weighted by Gasteiger charge is 2.31. The zero-order chi connectivity index (χ0) is 16.7. The van der Waals surface area contributed by atoms with Crippen LogP contribution in [0.25, 0.3) is 10.9 Å². The molecule has 0 aliphatic carbocycles. The molecule has 1 aliphatic heterocycles. The molecule has 0 spiro atoms. The van der Waals surface area contributed by atoms with Crippen LogP contribution in [0.1, 0.15) is 17.8 Å². The molecule has 1 atom stereocenters. The van der Waals surface area contributed by atoms with Crippen LogP contribution in [0, 0.1) is 18.6 Å². The van der Waals surface area contributed by atoms with E-state index in [9.17, 15) is 8.78 Å². The van der Waals surface area contributed by atoms with Gasteiger partial charge in [0, 0.05) is 18.0 Å². The quantitative estimate of drug-likeness (QED) is 0.711. The second-order valence-corrected chi connectivity index (χ2v) is 5.44. The lowest BCUT2D eigenvalue weighted by molar-refractivity contribution is 0.0835. The minimum Gasteiger partial charge on any atom is -0.377 e. The van der Waals surface area contributed by atoms with Gasteiger partial charge in [-0.25, -0.2) is 18.7 Å². The van der Waals surface area contributed by atoms with E-state index in [1.165, 1.54) is 6.33 Å². The Morgan fingerprint density at radius 1 is 1.21 bits per heavy atom. The summed E-state index contributed by atoms with van der Waals surface area (Å²) in [6.07, 6.45) is 1.32. The van der Waals surface area contributed by atoms with Crippen LogP contribution in [0.15, 0.2) is 23.0 Å². The predicted octanol–water partition coefficient (Wildman–Crippen LogP) is 2.18. The van der Waals surface area contributed by atoms with Gasteiger partial charge >= 0.3 is 0 Å². The van der Waals surface area contributed by atoms with E-state index in [0.29, 0.717) is 48.2 Å². The molecular formula is C15H13F2N5O2. The van der Waals surface area contributed by atoms with Crippen molar-refractivity contribution < 1.29 is 18.0 Å². The fourth-order valence-electron chi connectivity index (χ4n) is 2.78. The number of ether oxygens (including phenoxy) is 1. The van der Waals surface area contributed by atoms with E-state index < -0.39 is 11.6 Å². The summed E-state index contributed by atoms with van der Waals surface area (Å²) in [7, 11) is 0. The van der Waals surface area contributed by atoms with Gasteiger partial charge in [0.15, 0.2) is 17.5 Å². The number of halogens is 2. The predicted molar refractivity (Wildman–Crippen MR) is 79.4 cm³/mol. The van der Waals surface area contributed by atoms with Gasteiger partial charge in [0.25, 0.3) is 5.89 Å². The number of rotatable bonds is 2. The van der Waals surface area contributed by atoms with Crippen LogP contribution in [-0.4, -0.2) is 39.9 Å². The van der Waals surface area contributed by atoms with Crippen molar-refractivity contribution in [1.82, 2.24) is 20.1 Å². The first-order valence-electron chi connectivity index (χ1n) is 7.38. The first-order valence-corrected chi connectivity index (χ1v) is 7.38. The summed E-state index contributed by atoms with van der Waals surface area (Å²) in [6.45, 7) is 3.02. The fourth-order valence-corrected chi connectivity index (χ4v) is 2.78. The average Bonchev–Trinajstić information content (AvgIpc) is 3.02. The van der Waals surface area contributed by atoms with Crippen molar-refractivity contribution in [3.8, 4) is 0 Å². The molecule has 1 saturated heterocycles. The first kappa shape index (κ1) is 14.9. The molecule has 24 heavy (non-hydrogen) atoms. The molecule has 1 fully saturated rings. The SMILES string of the molecule is Cc1noc([C@@H]2COCCN2c2ncnc3cc(F)c(F)cc23)n1. The minimum absolute atomic E-state index is 0.325. The highest BCUT2D eigenvalue weighted by Crippen LogP contribution is 2.32. The number of nitrogens with zero attached hydrogens (tertiary/aromatic N) is 5. The lowest BCUT2D eigenvalue weighted by Crippen LogP contribution is -2.40. The topological polar surface area (TPSA) is 77.2 Å². The number of benzene rings is 1. The van der Waals surface area contributed by atoms with E-state index in [4.69, 9.17) is 9.26 Å². The standard InChI is InChI=1S/C15H13F2N5O2/c1-8-20-15(24-21-8)13-6-23-3-2-22(13)14-9-4-10(16)11(17)5-12(9)18-7-19-14/h4-5,7,13H,2-3,6H2,1H3/t13-/m0/s1. The van der Waals surface area contributed by atoms with Gasteiger partial charge < -0.3 is 14.2 Å². The third-order valence-electron chi connectivity index (χ3n) is 3.89. The number of aryl methyl sites for hydroxylation is 1. The molecule has 1 aliphatic rings.